The molecule has 0 bridgehead atoms. The molecule has 0 aromatic carbocycles. The summed E-state index contributed by atoms with van der Waals surface area (Å²) in [4.78, 5) is 19.9. The summed E-state index contributed by atoms with van der Waals surface area (Å²) in [5.74, 6) is -14.1. The van der Waals surface area contributed by atoms with Gasteiger partial charge in [-0.05, 0) is 0 Å². The molecule has 0 spiro atoms. The lowest BCUT2D eigenvalue weighted by Gasteiger charge is -2.27. The van der Waals surface area contributed by atoms with Gasteiger partial charge in [0.2, 0.25) is 0 Å². The zero-order valence-electron chi connectivity index (χ0n) is 8.07. The molecule has 0 aromatic heterocycles. The van der Waals surface area contributed by atoms with Crippen LogP contribution < -0.4 is 0 Å². The summed E-state index contributed by atoms with van der Waals surface area (Å²) in [6.45, 7) is 0. The lowest BCUT2D eigenvalue weighted by molar-refractivity contribution is -0.389. The number of carboxylic acids is 1. The van der Waals surface area contributed by atoms with E-state index in [2.05, 4.69) is 0 Å². The Kier molecular flexibility index (Phi) is 4.17. The number of hydrogen-bond donors (Lipinski definition) is 1. The molecule has 0 aromatic rings. The van der Waals surface area contributed by atoms with E-state index in [1.807, 2.05) is 4.74 Å². The number of halogens is 9. The molecule has 0 saturated heterocycles. The molecular weight excluding hydrogens is 307 g/mol. The monoisotopic (exact) mass is 308 g/mol. The number of Topliss-reactive ketones (excluding diaryl/α,β-unsaturated/α-hetero) is 1. The van der Waals surface area contributed by atoms with Gasteiger partial charge in [-0.25, -0.2) is 4.79 Å². The second-order valence-electron chi connectivity index (χ2n) is 2.84. The highest BCUT2D eigenvalue weighted by Gasteiger charge is 2.71. The van der Waals surface area contributed by atoms with E-state index in [1.165, 1.54) is 0 Å². The molecule has 0 radical (unpaired) electrons. The van der Waals surface area contributed by atoms with Gasteiger partial charge in [-0.1, -0.05) is 0 Å². The van der Waals surface area contributed by atoms with Gasteiger partial charge in [0.05, 0.1) is 0 Å². The van der Waals surface area contributed by atoms with Crippen LogP contribution in [0.5, 0.6) is 0 Å². The van der Waals surface area contributed by atoms with E-state index in [4.69, 9.17) is 5.11 Å². The van der Waals surface area contributed by atoms with Crippen molar-refractivity contribution in [3.8, 4) is 0 Å². The van der Waals surface area contributed by atoms with Crippen molar-refractivity contribution in [3.05, 3.63) is 0 Å². The zero-order valence-corrected chi connectivity index (χ0v) is 8.07. The average molecular weight is 308 g/mol. The van der Waals surface area contributed by atoms with E-state index >= 15 is 0 Å². The highest BCUT2D eigenvalue weighted by molar-refractivity contribution is 5.89. The highest BCUT2D eigenvalue weighted by atomic mass is 19.4. The third-order valence-electron chi connectivity index (χ3n) is 1.43. The van der Waals surface area contributed by atoms with Crippen LogP contribution in [0.2, 0.25) is 0 Å². The number of carbonyl (C=O) groups is 2. The van der Waals surface area contributed by atoms with Crippen molar-refractivity contribution in [2.45, 2.75) is 24.3 Å². The fourth-order valence-corrected chi connectivity index (χ4v) is 0.611. The van der Waals surface area contributed by atoms with Crippen LogP contribution in [-0.4, -0.2) is 41.2 Å². The van der Waals surface area contributed by atoms with Crippen LogP contribution in [0.1, 0.15) is 0 Å². The second kappa shape index (κ2) is 4.54. The maximum absolute atomic E-state index is 12.7. The minimum absolute atomic E-state index is 1.95. The van der Waals surface area contributed by atoms with E-state index in [1.54, 1.807) is 0 Å². The smallest absolute Gasteiger partial charge is 0.460 e. The van der Waals surface area contributed by atoms with Crippen molar-refractivity contribution in [2.75, 3.05) is 0 Å². The number of aliphatic carboxylic acids is 1. The lowest BCUT2D eigenvalue weighted by Crippen LogP contribution is -2.57. The van der Waals surface area contributed by atoms with Gasteiger partial charge in [0.1, 0.15) is 0 Å². The van der Waals surface area contributed by atoms with Gasteiger partial charge in [-0.2, -0.15) is 39.5 Å². The van der Waals surface area contributed by atoms with E-state index in [0.717, 1.165) is 0 Å². The number of rotatable bonds is 4. The van der Waals surface area contributed by atoms with Gasteiger partial charge >= 0.3 is 36.1 Å². The molecule has 0 aliphatic heterocycles. The van der Waals surface area contributed by atoms with Gasteiger partial charge < -0.3 is 5.11 Å². The van der Waals surface area contributed by atoms with Crippen molar-refractivity contribution < 1.29 is 58.9 Å². The average Bonchev–Trinajstić information content (AvgIpc) is 2.12. The van der Waals surface area contributed by atoms with E-state index in [9.17, 15) is 49.1 Å². The Bertz CT molecular complexity index is 383. The predicted molar refractivity (Wildman–Crippen MR) is 34.6 cm³/mol. The Morgan fingerprint density at radius 1 is 0.842 bits per heavy atom. The van der Waals surface area contributed by atoms with Crippen molar-refractivity contribution in [1.29, 1.82) is 0 Å². The topological polar surface area (TPSA) is 63.6 Å². The molecule has 1 N–H and O–H groups in total. The molecule has 1 unspecified atom stereocenters. The summed E-state index contributed by atoms with van der Waals surface area (Å²) >= 11 is 0. The van der Waals surface area contributed by atoms with Gasteiger partial charge in [0, 0.05) is 0 Å². The van der Waals surface area contributed by atoms with Crippen LogP contribution in [0.25, 0.3) is 0 Å². The molecule has 4 nitrogen and oxygen atoms in total. The molecule has 0 amide bonds. The zero-order chi connectivity index (χ0) is 15.9. The second-order valence-corrected chi connectivity index (χ2v) is 2.84. The van der Waals surface area contributed by atoms with E-state index in [0.29, 0.717) is 0 Å². The minimum Gasteiger partial charge on any atom is -0.477 e. The molecule has 0 fully saturated rings. The van der Waals surface area contributed by atoms with Gasteiger partial charge in [0.25, 0.3) is 0 Å². The summed E-state index contributed by atoms with van der Waals surface area (Å²) in [5, 5.41) is 7.77. The van der Waals surface area contributed by atoms with Crippen molar-refractivity contribution in [2.24, 2.45) is 0 Å². The van der Waals surface area contributed by atoms with Crippen LogP contribution in [0.3, 0.4) is 0 Å². The van der Waals surface area contributed by atoms with Crippen molar-refractivity contribution >= 4 is 11.8 Å². The maximum Gasteiger partial charge on any atom is 0.460 e. The molecule has 0 aliphatic rings. The summed E-state index contributed by atoms with van der Waals surface area (Å²) in [7, 11) is 0. The first kappa shape index (κ1) is 17.5. The fourth-order valence-electron chi connectivity index (χ4n) is 0.611. The number of carbonyl (C=O) groups excluding carboxylic acids is 1. The van der Waals surface area contributed by atoms with Gasteiger partial charge in [-0.15, -0.1) is 0 Å². The Morgan fingerprint density at radius 3 is 1.42 bits per heavy atom. The van der Waals surface area contributed by atoms with Gasteiger partial charge in [0.15, 0.2) is 0 Å². The number of carboxylic acid groups (broad SMARTS) is 1. The first-order chi connectivity index (χ1) is 8.06. The maximum atomic E-state index is 12.7. The third-order valence-corrected chi connectivity index (χ3v) is 1.43. The Balaban J connectivity index is 5.52. The largest absolute Gasteiger partial charge is 0.477 e. The summed E-state index contributed by atoms with van der Waals surface area (Å²) in [6.07, 6.45) is -19.4. The van der Waals surface area contributed by atoms with E-state index < -0.39 is 36.1 Å². The van der Waals surface area contributed by atoms with Crippen molar-refractivity contribution in [1.82, 2.24) is 0 Å². The SMILES string of the molecule is O=C(C(F)(F)F)C(F)(F)OC(F)(C(=O)O)C(F)(F)F. The first-order valence-corrected chi connectivity index (χ1v) is 3.74. The van der Waals surface area contributed by atoms with Crippen LogP contribution in [0.15, 0.2) is 0 Å². The third kappa shape index (κ3) is 3.48. The van der Waals surface area contributed by atoms with Crippen LogP contribution in [-0.2, 0) is 14.3 Å². The Labute approximate surface area is 96.3 Å². The standard InChI is InChI=1S/C6HF9O4/c7-3(2(17)18,6(13,14)15)19-5(11,12)1(16)4(8,9)10/h(H,17,18). The van der Waals surface area contributed by atoms with Crippen LogP contribution in [0, 0.1) is 0 Å². The molecule has 19 heavy (non-hydrogen) atoms. The first-order valence-electron chi connectivity index (χ1n) is 3.74. The van der Waals surface area contributed by atoms with Crippen LogP contribution >= 0.6 is 0 Å². The summed E-state index contributed by atoms with van der Waals surface area (Å²) in [5.41, 5.74) is 0. The Morgan fingerprint density at radius 2 is 1.21 bits per heavy atom. The van der Waals surface area contributed by atoms with E-state index in [-0.39, 0.29) is 0 Å². The normalized spacial score (nSPS) is 16.9. The Hall–Kier alpha value is -1.53. The summed E-state index contributed by atoms with van der Waals surface area (Å²) in [6, 6.07) is 0. The highest BCUT2D eigenvalue weighted by Crippen LogP contribution is 2.41. The summed E-state index contributed by atoms with van der Waals surface area (Å²) < 4.78 is 110. The molecule has 1 atom stereocenters. The fraction of sp³-hybridized carbons (Fsp3) is 0.667. The number of ketones is 1. The molecule has 112 valence electrons. The van der Waals surface area contributed by atoms with Crippen LogP contribution in [0.4, 0.5) is 39.5 Å². The molecular formula is C6HF9O4. The predicted octanol–water partition coefficient (Wildman–Crippen LogP) is 2.04. The molecule has 0 saturated carbocycles. The molecule has 13 heteroatoms. The molecule has 0 heterocycles. The number of hydrogen-bond acceptors (Lipinski definition) is 3. The molecule has 0 aliphatic carbocycles. The number of alkyl halides is 9. The lowest BCUT2D eigenvalue weighted by atomic mass is 10.3. The minimum atomic E-state index is -6.64. The quantitative estimate of drug-likeness (QED) is 0.807. The molecule has 0 rings (SSSR count). The number of ether oxygens (including phenoxy) is 1. The van der Waals surface area contributed by atoms with Gasteiger partial charge in [-0.3, -0.25) is 9.53 Å². The van der Waals surface area contributed by atoms with Crippen molar-refractivity contribution in [3.63, 3.8) is 0 Å².